The SMILES string of the molecule is CC(=O)O.O=C(O)C(=O)O.[H-].[H-].[Na+].[Na+]. The number of aliphatic carboxylic acids is 3. The second-order valence-electron chi connectivity index (χ2n) is 1.13. The third-order valence-corrected chi connectivity index (χ3v) is 0.183. The maximum absolute atomic E-state index is 9.10. The molecule has 0 fully saturated rings. The van der Waals surface area contributed by atoms with Gasteiger partial charge in [0.05, 0.1) is 0 Å². The second-order valence-corrected chi connectivity index (χ2v) is 1.13. The van der Waals surface area contributed by atoms with Crippen molar-refractivity contribution in [2.45, 2.75) is 6.92 Å². The quantitative estimate of drug-likeness (QED) is 0.263. The van der Waals surface area contributed by atoms with Crippen molar-refractivity contribution >= 4 is 17.9 Å². The van der Waals surface area contributed by atoms with Crippen molar-refractivity contribution in [3.05, 3.63) is 0 Å². The molecular formula is C4H8Na2O6. The summed E-state index contributed by atoms with van der Waals surface area (Å²) in [5.41, 5.74) is 0. The number of rotatable bonds is 0. The Bertz CT molecular complexity index is 148. The maximum Gasteiger partial charge on any atom is 1.00 e. The van der Waals surface area contributed by atoms with E-state index < -0.39 is 17.9 Å². The summed E-state index contributed by atoms with van der Waals surface area (Å²) in [5, 5.41) is 22.2. The van der Waals surface area contributed by atoms with Crippen molar-refractivity contribution in [2.75, 3.05) is 0 Å². The van der Waals surface area contributed by atoms with Gasteiger partial charge in [0, 0.05) is 6.92 Å². The van der Waals surface area contributed by atoms with Gasteiger partial charge < -0.3 is 18.2 Å². The predicted octanol–water partition coefficient (Wildman–Crippen LogP) is -6.52. The van der Waals surface area contributed by atoms with Crippen LogP contribution in [0.5, 0.6) is 0 Å². The molecule has 3 N–H and O–H groups in total. The molecule has 0 saturated carbocycles. The zero-order valence-corrected chi connectivity index (χ0v) is 11.1. The van der Waals surface area contributed by atoms with E-state index in [1.165, 1.54) is 0 Å². The van der Waals surface area contributed by atoms with E-state index in [1.807, 2.05) is 0 Å². The number of hydrogen-bond donors (Lipinski definition) is 3. The minimum atomic E-state index is -1.82. The third-order valence-electron chi connectivity index (χ3n) is 0.183. The van der Waals surface area contributed by atoms with E-state index in [4.69, 9.17) is 29.7 Å². The molecule has 0 spiro atoms. The van der Waals surface area contributed by atoms with Crippen LogP contribution in [0.4, 0.5) is 0 Å². The monoisotopic (exact) mass is 198 g/mol. The Morgan fingerprint density at radius 2 is 1.00 bits per heavy atom. The normalized spacial score (nSPS) is 5.75. The van der Waals surface area contributed by atoms with Crippen LogP contribution < -0.4 is 59.1 Å². The minimum absolute atomic E-state index is 0. The molecule has 12 heavy (non-hydrogen) atoms. The van der Waals surface area contributed by atoms with Crippen LogP contribution in [-0.2, 0) is 14.4 Å². The van der Waals surface area contributed by atoms with Gasteiger partial charge in [0.1, 0.15) is 0 Å². The van der Waals surface area contributed by atoms with Crippen molar-refractivity contribution in [1.29, 1.82) is 0 Å². The molecule has 6 nitrogen and oxygen atoms in total. The van der Waals surface area contributed by atoms with E-state index in [-0.39, 0.29) is 62.0 Å². The Hall–Kier alpha value is 0.410. The third kappa shape index (κ3) is 47.4. The largest absolute Gasteiger partial charge is 1.00 e. The van der Waals surface area contributed by atoms with E-state index in [9.17, 15) is 0 Å². The summed E-state index contributed by atoms with van der Waals surface area (Å²) in [7, 11) is 0. The molecule has 8 heteroatoms. The summed E-state index contributed by atoms with van der Waals surface area (Å²) in [5.74, 6) is -4.48. The van der Waals surface area contributed by atoms with Crippen LogP contribution in [0, 0.1) is 0 Å². The average molecular weight is 198 g/mol. The Morgan fingerprint density at radius 1 is 0.917 bits per heavy atom. The van der Waals surface area contributed by atoms with Crippen LogP contribution in [0.1, 0.15) is 9.78 Å². The molecule has 0 saturated heterocycles. The fourth-order valence-electron chi connectivity index (χ4n) is 0. The predicted molar refractivity (Wildman–Crippen MR) is 30.8 cm³/mol. The van der Waals surface area contributed by atoms with E-state index in [0.717, 1.165) is 6.92 Å². The molecule has 0 atom stereocenters. The second kappa shape index (κ2) is 14.0. The Balaban J connectivity index is -0.0000000185. The maximum atomic E-state index is 9.10. The fourth-order valence-corrected chi connectivity index (χ4v) is 0. The molecule has 0 aliphatic rings. The Kier molecular flexibility index (Phi) is 26.6. The molecule has 62 valence electrons. The van der Waals surface area contributed by atoms with Gasteiger partial charge in [0.2, 0.25) is 0 Å². The average Bonchev–Trinajstić information content (AvgIpc) is 1.63. The first kappa shape index (κ1) is 22.8. The summed E-state index contributed by atoms with van der Waals surface area (Å²) in [6, 6.07) is 0. The zero-order valence-electron chi connectivity index (χ0n) is 9.07. The van der Waals surface area contributed by atoms with Gasteiger partial charge in [-0.3, -0.25) is 4.79 Å². The number of carbonyl (C=O) groups is 3. The van der Waals surface area contributed by atoms with E-state index >= 15 is 0 Å². The topological polar surface area (TPSA) is 112 Å². The molecule has 0 heterocycles. The summed E-state index contributed by atoms with van der Waals surface area (Å²) in [4.78, 5) is 27.2. The molecule has 0 aliphatic heterocycles. The minimum Gasteiger partial charge on any atom is -1.00 e. The summed E-state index contributed by atoms with van der Waals surface area (Å²) in [6.07, 6.45) is 0. The van der Waals surface area contributed by atoms with Crippen LogP contribution in [-0.4, -0.2) is 33.2 Å². The molecule has 0 aromatic carbocycles. The van der Waals surface area contributed by atoms with Gasteiger partial charge in [0.15, 0.2) is 0 Å². The first-order chi connectivity index (χ1) is 4.37. The van der Waals surface area contributed by atoms with Gasteiger partial charge in [-0.25, -0.2) is 9.59 Å². The molecule has 0 amide bonds. The Labute approximate surface area is 116 Å². The van der Waals surface area contributed by atoms with Crippen molar-refractivity contribution in [2.24, 2.45) is 0 Å². The molecule has 0 aromatic rings. The van der Waals surface area contributed by atoms with Crippen molar-refractivity contribution in [1.82, 2.24) is 0 Å². The number of carboxylic acid groups (broad SMARTS) is 3. The summed E-state index contributed by atoms with van der Waals surface area (Å²) >= 11 is 0. The summed E-state index contributed by atoms with van der Waals surface area (Å²) < 4.78 is 0. The van der Waals surface area contributed by atoms with Crippen LogP contribution in [0.3, 0.4) is 0 Å². The van der Waals surface area contributed by atoms with E-state index in [0.29, 0.717) is 0 Å². The van der Waals surface area contributed by atoms with Crippen molar-refractivity contribution in [3.63, 3.8) is 0 Å². The first-order valence-corrected chi connectivity index (χ1v) is 2.03. The van der Waals surface area contributed by atoms with Gasteiger partial charge in [-0.1, -0.05) is 0 Å². The van der Waals surface area contributed by atoms with Gasteiger partial charge in [-0.15, -0.1) is 0 Å². The molecule has 0 unspecified atom stereocenters. The van der Waals surface area contributed by atoms with E-state index in [1.54, 1.807) is 0 Å². The van der Waals surface area contributed by atoms with Crippen LogP contribution in [0.15, 0.2) is 0 Å². The van der Waals surface area contributed by atoms with Crippen molar-refractivity contribution < 1.29 is 91.7 Å². The molecule has 0 radical (unpaired) electrons. The molecule has 0 aliphatic carbocycles. The van der Waals surface area contributed by atoms with E-state index in [2.05, 4.69) is 0 Å². The van der Waals surface area contributed by atoms with Gasteiger partial charge in [-0.2, -0.15) is 0 Å². The number of hydrogen-bond acceptors (Lipinski definition) is 3. The first-order valence-electron chi connectivity index (χ1n) is 2.03. The number of carboxylic acids is 3. The summed E-state index contributed by atoms with van der Waals surface area (Å²) in [6.45, 7) is 1.08. The zero-order chi connectivity index (χ0) is 8.73. The van der Waals surface area contributed by atoms with Gasteiger partial charge in [0.25, 0.3) is 5.97 Å². The molecule has 0 aromatic heterocycles. The molecule has 0 bridgehead atoms. The van der Waals surface area contributed by atoms with Crippen LogP contribution >= 0.6 is 0 Å². The van der Waals surface area contributed by atoms with Crippen molar-refractivity contribution in [3.8, 4) is 0 Å². The van der Waals surface area contributed by atoms with Gasteiger partial charge >= 0.3 is 71.1 Å². The smallest absolute Gasteiger partial charge is 1.00 e. The molecule has 0 rings (SSSR count). The Morgan fingerprint density at radius 3 is 1.00 bits per heavy atom. The fraction of sp³-hybridized carbons (Fsp3) is 0.250. The van der Waals surface area contributed by atoms with Crippen LogP contribution in [0.25, 0.3) is 0 Å². The van der Waals surface area contributed by atoms with Crippen LogP contribution in [0.2, 0.25) is 0 Å². The standard InChI is InChI=1S/C2H2O4.C2H4O2.2Na.2H/c3-1(4)2(5)6;1-2(3)4;;;;/h(H,3,4)(H,5,6);1H3,(H,3,4);;;;/q;;2*+1;2*-1. The van der Waals surface area contributed by atoms with Gasteiger partial charge in [-0.05, 0) is 0 Å². The molecular weight excluding hydrogens is 190 g/mol.